The van der Waals surface area contributed by atoms with Crippen LogP contribution in [0.5, 0.6) is 0 Å². The van der Waals surface area contributed by atoms with E-state index in [1.54, 1.807) is 17.7 Å². The Morgan fingerprint density at radius 2 is 1.67 bits per heavy atom. The highest BCUT2D eigenvalue weighted by molar-refractivity contribution is 7.18. The van der Waals surface area contributed by atoms with Gasteiger partial charge in [0, 0.05) is 35.0 Å². The molecule has 36 heavy (non-hydrogen) atoms. The number of aliphatic carboxylic acids is 2. The van der Waals surface area contributed by atoms with Crippen LogP contribution in [-0.4, -0.2) is 50.1 Å². The highest BCUT2D eigenvalue weighted by Crippen LogP contribution is 2.32. The molecule has 2 N–H and O–H groups in total. The summed E-state index contributed by atoms with van der Waals surface area (Å²) in [4.78, 5) is 32.9. The van der Waals surface area contributed by atoms with Crippen LogP contribution in [0.25, 0.3) is 10.2 Å². The van der Waals surface area contributed by atoms with Crippen LogP contribution in [-0.2, 0) is 22.6 Å². The Bertz CT molecular complexity index is 1200. The maximum absolute atomic E-state index is 13.4. The number of piperidine rings is 1. The first kappa shape index (κ1) is 27.3. The lowest BCUT2D eigenvalue weighted by Crippen LogP contribution is -2.34. The van der Waals surface area contributed by atoms with Crippen molar-refractivity contribution in [3.8, 4) is 0 Å². The number of aromatic nitrogens is 2. The second-order valence-corrected chi connectivity index (χ2v) is 10.1. The average Bonchev–Trinajstić information content (AvgIpc) is 3.25. The number of fused-ring (bicyclic) bond motifs is 1. The van der Waals surface area contributed by atoms with Gasteiger partial charge in [0.1, 0.15) is 22.8 Å². The van der Waals surface area contributed by atoms with Crippen LogP contribution in [0.4, 0.5) is 8.78 Å². The highest BCUT2D eigenvalue weighted by atomic mass is 32.1. The first-order valence-electron chi connectivity index (χ1n) is 11.6. The molecule has 2 aromatic heterocycles. The van der Waals surface area contributed by atoms with Gasteiger partial charge >= 0.3 is 11.9 Å². The Kier molecular flexibility index (Phi) is 9.60. The molecule has 1 aliphatic rings. The number of nitrogens with zero attached hydrogens (tertiary/aromatic N) is 3. The van der Waals surface area contributed by atoms with Crippen LogP contribution in [0.3, 0.4) is 0 Å². The monoisotopic (exact) mass is 517 g/mol. The van der Waals surface area contributed by atoms with Gasteiger partial charge in [-0.2, -0.15) is 0 Å². The second kappa shape index (κ2) is 12.6. The smallest absolute Gasteiger partial charge is 0.328 e. The Balaban J connectivity index is 0.000000392. The summed E-state index contributed by atoms with van der Waals surface area (Å²) in [6.07, 6.45) is 5.92. The van der Waals surface area contributed by atoms with Crippen LogP contribution in [0.2, 0.25) is 0 Å². The molecule has 0 bridgehead atoms. The van der Waals surface area contributed by atoms with E-state index in [-0.39, 0.29) is 0 Å². The fourth-order valence-corrected chi connectivity index (χ4v) is 5.12. The third-order valence-corrected chi connectivity index (χ3v) is 7.23. The molecule has 4 rings (SSSR count). The number of hydrogen-bond acceptors (Lipinski definition) is 6. The molecule has 7 nitrogen and oxygen atoms in total. The SMILES string of the molecule is CC(C)c1cc2c(CC3CCN(Cc4cc(F)cc(F)c4)CC3)ncnc2s1.O=C(O)/C=C\C(=O)O. The predicted octanol–water partition coefficient (Wildman–Crippen LogP) is 5.26. The molecular formula is C26H29F2N3O4S. The number of hydrogen-bond donors (Lipinski definition) is 2. The van der Waals surface area contributed by atoms with Crippen molar-refractivity contribution in [2.45, 2.75) is 45.6 Å². The van der Waals surface area contributed by atoms with Crippen LogP contribution >= 0.6 is 11.3 Å². The molecule has 0 radical (unpaired) electrons. The van der Waals surface area contributed by atoms with E-state index in [4.69, 9.17) is 10.2 Å². The first-order valence-corrected chi connectivity index (χ1v) is 12.5. The summed E-state index contributed by atoms with van der Waals surface area (Å²) in [6, 6.07) is 6.03. The molecule has 1 fully saturated rings. The van der Waals surface area contributed by atoms with E-state index >= 15 is 0 Å². The summed E-state index contributed by atoms with van der Waals surface area (Å²) in [7, 11) is 0. The van der Waals surface area contributed by atoms with Gasteiger partial charge in [0.05, 0.1) is 5.69 Å². The van der Waals surface area contributed by atoms with E-state index in [0.29, 0.717) is 36.1 Å². The molecule has 0 unspecified atom stereocenters. The molecule has 0 aliphatic carbocycles. The minimum atomic E-state index is -1.26. The van der Waals surface area contributed by atoms with Gasteiger partial charge in [-0.3, -0.25) is 4.90 Å². The van der Waals surface area contributed by atoms with Crippen LogP contribution in [0, 0.1) is 17.6 Å². The molecule has 1 aliphatic heterocycles. The number of carbonyl (C=O) groups is 2. The van der Waals surface area contributed by atoms with Gasteiger partial charge in [-0.1, -0.05) is 13.8 Å². The van der Waals surface area contributed by atoms with Crippen molar-refractivity contribution in [1.29, 1.82) is 0 Å². The van der Waals surface area contributed by atoms with Gasteiger partial charge in [-0.25, -0.2) is 28.3 Å². The Morgan fingerprint density at radius 1 is 1.06 bits per heavy atom. The quantitative estimate of drug-likeness (QED) is 0.412. The van der Waals surface area contributed by atoms with Gasteiger partial charge in [0.2, 0.25) is 0 Å². The number of halogens is 2. The molecule has 192 valence electrons. The largest absolute Gasteiger partial charge is 0.478 e. The summed E-state index contributed by atoms with van der Waals surface area (Å²) in [5, 5.41) is 16.8. The molecule has 0 amide bonds. The molecule has 3 aromatic rings. The maximum Gasteiger partial charge on any atom is 0.328 e. The number of rotatable bonds is 7. The van der Waals surface area contributed by atoms with Crippen molar-refractivity contribution < 1.29 is 28.6 Å². The normalized spacial score (nSPS) is 14.8. The van der Waals surface area contributed by atoms with E-state index in [9.17, 15) is 18.4 Å². The number of likely N-dealkylation sites (tertiary alicyclic amines) is 1. The van der Waals surface area contributed by atoms with E-state index in [1.807, 2.05) is 0 Å². The molecule has 0 atom stereocenters. The zero-order chi connectivity index (χ0) is 26.2. The van der Waals surface area contributed by atoms with E-state index < -0.39 is 23.6 Å². The van der Waals surface area contributed by atoms with E-state index in [2.05, 4.69) is 34.8 Å². The topological polar surface area (TPSA) is 104 Å². The molecule has 1 aromatic carbocycles. The standard InChI is InChI=1S/C22H25F2N3S.C4H4O4/c1-14(2)21-11-19-20(25-13-26-22(19)28-21)9-15-3-5-27(6-4-15)12-16-7-17(23)10-18(24)8-16;5-3(6)1-2-4(7)8/h7-8,10-11,13-15H,3-6,9,12H2,1-2H3;1-2H,(H,5,6)(H,7,8)/b;2-1-. The Hall–Kier alpha value is -3.24. The summed E-state index contributed by atoms with van der Waals surface area (Å²) in [6.45, 7) is 6.90. The third-order valence-electron chi connectivity index (χ3n) is 5.89. The molecule has 10 heteroatoms. The van der Waals surface area contributed by atoms with Crippen molar-refractivity contribution >= 4 is 33.5 Å². The van der Waals surface area contributed by atoms with Crippen molar-refractivity contribution in [3.05, 3.63) is 70.5 Å². The van der Waals surface area contributed by atoms with Gasteiger partial charge < -0.3 is 10.2 Å². The average molecular weight is 518 g/mol. The van der Waals surface area contributed by atoms with Gasteiger partial charge in [0.25, 0.3) is 0 Å². The summed E-state index contributed by atoms with van der Waals surface area (Å²) in [5.74, 6) is -2.44. The first-order chi connectivity index (χ1) is 17.1. The summed E-state index contributed by atoms with van der Waals surface area (Å²) in [5.41, 5.74) is 1.85. The van der Waals surface area contributed by atoms with Crippen molar-refractivity contribution in [2.24, 2.45) is 5.92 Å². The summed E-state index contributed by atoms with van der Waals surface area (Å²) >= 11 is 1.76. The summed E-state index contributed by atoms with van der Waals surface area (Å²) < 4.78 is 26.8. The fraction of sp³-hybridized carbons (Fsp3) is 0.385. The van der Waals surface area contributed by atoms with Crippen molar-refractivity contribution in [2.75, 3.05) is 13.1 Å². The molecule has 0 saturated carbocycles. The van der Waals surface area contributed by atoms with Crippen molar-refractivity contribution in [1.82, 2.24) is 14.9 Å². The fourth-order valence-electron chi connectivity index (χ4n) is 4.10. The molecule has 3 heterocycles. The zero-order valence-corrected chi connectivity index (χ0v) is 21.0. The van der Waals surface area contributed by atoms with Gasteiger partial charge in [-0.05, 0) is 68.0 Å². The van der Waals surface area contributed by atoms with Crippen LogP contribution < -0.4 is 0 Å². The van der Waals surface area contributed by atoms with Gasteiger partial charge in [-0.15, -0.1) is 11.3 Å². The molecule has 0 spiro atoms. The second-order valence-electron chi connectivity index (χ2n) is 9.05. The predicted molar refractivity (Wildman–Crippen MR) is 134 cm³/mol. The number of carboxylic acid groups (broad SMARTS) is 2. The van der Waals surface area contributed by atoms with E-state index in [0.717, 1.165) is 48.9 Å². The molecule has 1 saturated heterocycles. The zero-order valence-electron chi connectivity index (χ0n) is 20.2. The van der Waals surface area contributed by atoms with Crippen LogP contribution in [0.15, 0.2) is 42.7 Å². The van der Waals surface area contributed by atoms with Gasteiger partial charge in [0.15, 0.2) is 0 Å². The van der Waals surface area contributed by atoms with Crippen molar-refractivity contribution in [3.63, 3.8) is 0 Å². The highest BCUT2D eigenvalue weighted by Gasteiger charge is 2.22. The third kappa shape index (κ3) is 8.17. The number of carboxylic acids is 2. The lowest BCUT2D eigenvalue weighted by molar-refractivity contribution is -0.134. The number of benzene rings is 1. The van der Waals surface area contributed by atoms with Crippen LogP contribution in [0.1, 0.15) is 48.7 Å². The Labute approximate surface area is 212 Å². The lowest BCUT2D eigenvalue weighted by atomic mass is 9.91. The minimum absolute atomic E-state index is 0.503. The number of thiophene rings is 1. The maximum atomic E-state index is 13.4. The molecular weight excluding hydrogens is 488 g/mol. The minimum Gasteiger partial charge on any atom is -0.478 e. The Morgan fingerprint density at radius 3 is 2.22 bits per heavy atom. The van der Waals surface area contributed by atoms with E-state index in [1.165, 1.54) is 22.4 Å². The lowest BCUT2D eigenvalue weighted by Gasteiger charge is -2.32.